The lowest BCUT2D eigenvalue weighted by Gasteiger charge is -2.29. The summed E-state index contributed by atoms with van der Waals surface area (Å²) in [6.45, 7) is 0.775. The number of halogens is 1. The van der Waals surface area contributed by atoms with Gasteiger partial charge in [0.05, 0.1) is 11.7 Å². The maximum atomic E-state index is 13.1. The first-order valence-electron chi connectivity index (χ1n) is 9.93. The highest BCUT2D eigenvalue weighted by Crippen LogP contribution is 2.31. The fourth-order valence-electron chi connectivity index (χ4n) is 3.84. The molecular weight excluding hydrogens is 385 g/mol. The van der Waals surface area contributed by atoms with Gasteiger partial charge in [-0.05, 0) is 55.3 Å². The van der Waals surface area contributed by atoms with Gasteiger partial charge in [-0.2, -0.15) is 0 Å². The van der Waals surface area contributed by atoms with Crippen molar-refractivity contribution in [3.63, 3.8) is 0 Å². The zero-order valence-electron chi connectivity index (χ0n) is 16.4. The molecule has 1 aromatic carbocycles. The van der Waals surface area contributed by atoms with Crippen molar-refractivity contribution < 1.29 is 9.18 Å². The standard InChI is InChI=1S/C23H24FN3OS/c1-26-14-5-7-20(26)21-6-3-2-4-15-27(21)22(28)13-12-19-16-29-23(25-19)17-8-10-18(24)11-9-17/h5,7-14,16,21H,2-4,6,15H2,1H3/b13-12+. The van der Waals surface area contributed by atoms with E-state index < -0.39 is 0 Å². The Morgan fingerprint density at radius 3 is 2.79 bits per heavy atom. The molecule has 1 aliphatic heterocycles. The van der Waals surface area contributed by atoms with Gasteiger partial charge >= 0.3 is 0 Å². The summed E-state index contributed by atoms with van der Waals surface area (Å²) in [5, 5.41) is 2.73. The van der Waals surface area contributed by atoms with Crippen LogP contribution in [0.1, 0.15) is 43.1 Å². The molecule has 0 saturated carbocycles. The number of amides is 1. The molecule has 0 radical (unpaired) electrons. The molecule has 1 saturated heterocycles. The van der Waals surface area contributed by atoms with Gasteiger partial charge < -0.3 is 9.47 Å². The minimum absolute atomic E-state index is 0.0226. The highest BCUT2D eigenvalue weighted by Gasteiger charge is 2.27. The van der Waals surface area contributed by atoms with Gasteiger partial charge in [0.15, 0.2) is 0 Å². The van der Waals surface area contributed by atoms with Crippen molar-refractivity contribution in [2.75, 3.05) is 6.54 Å². The molecule has 0 spiro atoms. The van der Waals surface area contributed by atoms with E-state index in [0.717, 1.165) is 48.5 Å². The second kappa shape index (κ2) is 8.74. The average Bonchev–Trinajstić information content (AvgIpc) is 3.29. The van der Waals surface area contributed by atoms with Crippen LogP contribution < -0.4 is 0 Å². The summed E-state index contributed by atoms with van der Waals surface area (Å²) in [6, 6.07) is 10.5. The lowest BCUT2D eigenvalue weighted by Crippen LogP contribution is -2.34. The molecule has 3 aromatic rings. The molecule has 0 aliphatic carbocycles. The molecule has 1 aliphatic rings. The fourth-order valence-corrected chi connectivity index (χ4v) is 4.63. The smallest absolute Gasteiger partial charge is 0.247 e. The molecule has 1 atom stereocenters. The highest BCUT2D eigenvalue weighted by atomic mass is 32.1. The lowest BCUT2D eigenvalue weighted by atomic mass is 10.1. The van der Waals surface area contributed by atoms with E-state index in [1.807, 2.05) is 29.6 Å². The Bertz CT molecular complexity index is 1010. The Morgan fingerprint density at radius 1 is 1.21 bits per heavy atom. The quantitative estimate of drug-likeness (QED) is 0.538. The molecule has 3 heterocycles. The van der Waals surface area contributed by atoms with Gasteiger partial charge in [-0.1, -0.05) is 12.8 Å². The minimum Gasteiger partial charge on any atom is -0.353 e. The Balaban J connectivity index is 1.50. The SMILES string of the molecule is Cn1cccc1C1CCCCCN1C(=O)/C=C/c1csc(-c2ccc(F)cc2)n1. The third-order valence-corrected chi connectivity index (χ3v) is 6.28. The molecule has 150 valence electrons. The predicted octanol–water partition coefficient (Wildman–Crippen LogP) is 5.44. The molecule has 4 rings (SSSR count). The number of thiazole rings is 1. The van der Waals surface area contributed by atoms with Crippen LogP contribution in [0.5, 0.6) is 0 Å². The second-order valence-electron chi connectivity index (χ2n) is 7.36. The predicted molar refractivity (Wildman–Crippen MR) is 115 cm³/mol. The first-order chi connectivity index (χ1) is 14.1. The number of likely N-dealkylation sites (tertiary alicyclic amines) is 1. The second-order valence-corrected chi connectivity index (χ2v) is 8.22. The van der Waals surface area contributed by atoms with E-state index in [0.29, 0.717) is 0 Å². The summed E-state index contributed by atoms with van der Waals surface area (Å²) in [5.41, 5.74) is 2.80. The summed E-state index contributed by atoms with van der Waals surface area (Å²) in [6.07, 6.45) is 9.75. The first kappa shape index (κ1) is 19.6. The van der Waals surface area contributed by atoms with E-state index in [9.17, 15) is 9.18 Å². The van der Waals surface area contributed by atoms with Crippen LogP contribution in [-0.2, 0) is 11.8 Å². The molecule has 1 amide bonds. The van der Waals surface area contributed by atoms with Crippen molar-refractivity contribution >= 4 is 23.3 Å². The van der Waals surface area contributed by atoms with Gasteiger partial charge in [0.25, 0.3) is 0 Å². The maximum absolute atomic E-state index is 13.1. The zero-order chi connectivity index (χ0) is 20.2. The lowest BCUT2D eigenvalue weighted by molar-refractivity contribution is -0.128. The van der Waals surface area contributed by atoms with Crippen LogP contribution >= 0.6 is 11.3 Å². The number of aryl methyl sites for hydroxylation is 1. The topological polar surface area (TPSA) is 38.1 Å². The summed E-state index contributed by atoms with van der Waals surface area (Å²) >= 11 is 1.49. The average molecular weight is 410 g/mol. The molecule has 29 heavy (non-hydrogen) atoms. The number of nitrogens with zero attached hydrogens (tertiary/aromatic N) is 3. The van der Waals surface area contributed by atoms with E-state index >= 15 is 0 Å². The van der Waals surface area contributed by atoms with Crippen LogP contribution in [0.2, 0.25) is 0 Å². The molecule has 6 heteroatoms. The fraction of sp³-hybridized carbons (Fsp3) is 0.304. The molecule has 0 N–H and O–H groups in total. The summed E-state index contributed by atoms with van der Waals surface area (Å²) in [7, 11) is 2.03. The van der Waals surface area contributed by atoms with Gasteiger partial charge in [-0.15, -0.1) is 11.3 Å². The zero-order valence-corrected chi connectivity index (χ0v) is 17.2. The van der Waals surface area contributed by atoms with E-state index in [2.05, 4.69) is 15.6 Å². The number of aromatic nitrogens is 2. The van der Waals surface area contributed by atoms with Crippen molar-refractivity contribution in [3.8, 4) is 10.6 Å². The number of benzene rings is 1. The molecule has 2 aromatic heterocycles. The van der Waals surface area contributed by atoms with Crippen LogP contribution in [0.15, 0.2) is 54.1 Å². The Labute approximate surface area is 174 Å². The van der Waals surface area contributed by atoms with Gasteiger partial charge in [0.2, 0.25) is 5.91 Å². The van der Waals surface area contributed by atoms with E-state index in [1.54, 1.807) is 24.3 Å². The van der Waals surface area contributed by atoms with Crippen molar-refractivity contribution in [2.45, 2.75) is 31.7 Å². The largest absolute Gasteiger partial charge is 0.353 e. The number of hydrogen-bond donors (Lipinski definition) is 0. The van der Waals surface area contributed by atoms with E-state index in [4.69, 9.17) is 0 Å². The van der Waals surface area contributed by atoms with Gasteiger partial charge in [-0.3, -0.25) is 4.79 Å². The number of rotatable bonds is 4. The number of carbonyl (C=O) groups is 1. The third kappa shape index (κ3) is 4.48. The summed E-state index contributed by atoms with van der Waals surface area (Å²) < 4.78 is 15.2. The van der Waals surface area contributed by atoms with Crippen LogP contribution in [-0.4, -0.2) is 26.9 Å². The van der Waals surface area contributed by atoms with Crippen LogP contribution in [0.25, 0.3) is 16.6 Å². The van der Waals surface area contributed by atoms with Gasteiger partial charge in [0.1, 0.15) is 10.8 Å². The summed E-state index contributed by atoms with van der Waals surface area (Å²) in [4.78, 5) is 19.6. The van der Waals surface area contributed by atoms with Crippen molar-refractivity contribution in [1.82, 2.24) is 14.5 Å². The van der Waals surface area contributed by atoms with E-state index in [-0.39, 0.29) is 17.8 Å². The Morgan fingerprint density at radius 2 is 2.03 bits per heavy atom. The molecule has 1 unspecified atom stereocenters. The normalized spacial score (nSPS) is 17.6. The van der Waals surface area contributed by atoms with E-state index in [1.165, 1.54) is 29.2 Å². The van der Waals surface area contributed by atoms with Crippen LogP contribution in [0.3, 0.4) is 0 Å². The minimum atomic E-state index is -0.263. The molecule has 1 fully saturated rings. The van der Waals surface area contributed by atoms with Crippen molar-refractivity contribution in [1.29, 1.82) is 0 Å². The monoisotopic (exact) mass is 409 g/mol. The van der Waals surface area contributed by atoms with Crippen molar-refractivity contribution in [2.24, 2.45) is 7.05 Å². The number of carbonyl (C=O) groups excluding carboxylic acids is 1. The maximum Gasteiger partial charge on any atom is 0.247 e. The summed E-state index contributed by atoms with van der Waals surface area (Å²) in [5.74, 6) is -0.240. The van der Waals surface area contributed by atoms with Crippen LogP contribution in [0, 0.1) is 5.82 Å². The van der Waals surface area contributed by atoms with Crippen LogP contribution in [0.4, 0.5) is 4.39 Å². The highest BCUT2D eigenvalue weighted by molar-refractivity contribution is 7.13. The Kier molecular flexibility index (Phi) is 5.90. The Hall–Kier alpha value is -2.73. The number of hydrogen-bond acceptors (Lipinski definition) is 3. The van der Waals surface area contributed by atoms with Crippen molar-refractivity contribution in [3.05, 3.63) is 71.3 Å². The molecular formula is C23H24FN3OS. The first-order valence-corrected chi connectivity index (χ1v) is 10.8. The molecule has 4 nitrogen and oxygen atoms in total. The third-order valence-electron chi connectivity index (χ3n) is 5.37. The van der Waals surface area contributed by atoms with Gasteiger partial charge in [0, 0.05) is 42.5 Å². The van der Waals surface area contributed by atoms with Gasteiger partial charge in [-0.25, -0.2) is 9.37 Å². The molecule has 0 bridgehead atoms.